The van der Waals surface area contributed by atoms with E-state index in [4.69, 9.17) is 0 Å². The smallest absolute Gasteiger partial charge is 0.254 e. The van der Waals surface area contributed by atoms with Gasteiger partial charge in [-0.25, -0.2) is 13.8 Å². The van der Waals surface area contributed by atoms with Gasteiger partial charge in [-0.15, -0.1) is 11.3 Å². The highest BCUT2D eigenvalue weighted by Crippen LogP contribution is 2.36. The molecule has 0 aliphatic carbocycles. The van der Waals surface area contributed by atoms with Crippen molar-refractivity contribution in [3.8, 4) is 0 Å². The molecule has 3 aromatic rings. The molecule has 11 heteroatoms. The van der Waals surface area contributed by atoms with Gasteiger partial charge >= 0.3 is 0 Å². The molecule has 2 saturated heterocycles. The molecule has 0 bridgehead atoms. The van der Waals surface area contributed by atoms with Crippen LogP contribution < -0.4 is 14.9 Å². The number of benzene rings is 2. The Bertz CT molecular complexity index is 1350. The average Bonchev–Trinajstić information content (AvgIpc) is 3.67. The summed E-state index contributed by atoms with van der Waals surface area (Å²) in [6.45, 7) is 9.91. The van der Waals surface area contributed by atoms with Gasteiger partial charge in [0.25, 0.3) is 11.8 Å². The molecule has 238 valence electrons. The molecular formula is C33H43F2N5O2S2. The molecule has 1 aromatic heterocycles. The zero-order chi connectivity index (χ0) is 31.5. The van der Waals surface area contributed by atoms with Crippen LogP contribution in [-0.2, 0) is 0 Å². The second kappa shape index (κ2) is 16.9. The molecule has 7 nitrogen and oxygen atoms in total. The van der Waals surface area contributed by atoms with Gasteiger partial charge in [-0.05, 0) is 113 Å². The van der Waals surface area contributed by atoms with E-state index in [2.05, 4.69) is 26.8 Å². The minimum absolute atomic E-state index is 0.0120. The predicted octanol–water partition coefficient (Wildman–Crippen LogP) is 7.07. The summed E-state index contributed by atoms with van der Waals surface area (Å²) >= 11 is 3.41. The molecule has 5 rings (SSSR count). The maximum absolute atomic E-state index is 13.7. The summed E-state index contributed by atoms with van der Waals surface area (Å²) in [7, 11) is 0. The summed E-state index contributed by atoms with van der Waals surface area (Å²) in [4.78, 5) is 33.4. The van der Waals surface area contributed by atoms with Gasteiger partial charge in [0.1, 0.15) is 16.6 Å². The number of carbonyl (C=O) groups excluding carboxylic acids is 2. The lowest BCUT2D eigenvalue weighted by Gasteiger charge is -2.29. The topological polar surface area (TPSA) is 77.6 Å². The van der Waals surface area contributed by atoms with E-state index in [9.17, 15) is 18.4 Å². The Hall–Kier alpha value is -3.02. The summed E-state index contributed by atoms with van der Waals surface area (Å²) in [6.07, 6.45) is 6.19. The highest BCUT2D eigenvalue weighted by Gasteiger charge is 2.33. The third-order valence-corrected chi connectivity index (χ3v) is 9.64. The summed E-state index contributed by atoms with van der Waals surface area (Å²) < 4.78 is 26.6. The van der Waals surface area contributed by atoms with Crippen molar-refractivity contribution < 1.29 is 18.4 Å². The minimum Gasteiger partial charge on any atom is -0.352 e. The highest BCUT2D eigenvalue weighted by molar-refractivity contribution is 8.00. The van der Waals surface area contributed by atoms with Gasteiger partial charge in [0.2, 0.25) is 0 Å². The number of nitrogens with one attached hydrogen (secondary N) is 2. The number of halogens is 2. The Morgan fingerprint density at radius 2 is 1.73 bits per heavy atom. The number of likely N-dealkylation sites (tertiary alicyclic amines) is 1. The number of thiazole rings is 1. The van der Waals surface area contributed by atoms with E-state index in [-0.39, 0.29) is 17.9 Å². The molecule has 3 heterocycles. The number of anilines is 1. The molecule has 2 aliphatic heterocycles. The third-order valence-electron chi connectivity index (χ3n) is 7.40. The van der Waals surface area contributed by atoms with Crippen LogP contribution in [0.5, 0.6) is 0 Å². The number of amides is 2. The van der Waals surface area contributed by atoms with Gasteiger partial charge in [-0.1, -0.05) is 6.92 Å². The molecule has 1 atom stereocenters. The Kier molecular flexibility index (Phi) is 13.0. The standard InChI is InChI=1S/C26H37N5O2S2.C7H6F2/c1-3-9-27-10-7-11-28-24(32)20-15-21(17-22(16-20)31-13-4-5-14-35-31)26(33)30-12-6-8-23(30)25-29-19(2)18-34-25;1-5-2-6(8)4-7(9)3-5/h15-18,23,27H,3-14H2,1-2H3,(H,28,32);2-4H,1H3. The van der Waals surface area contributed by atoms with Crippen LogP contribution >= 0.6 is 23.3 Å². The molecule has 44 heavy (non-hydrogen) atoms. The van der Waals surface area contributed by atoms with Crippen LogP contribution in [0.4, 0.5) is 14.5 Å². The maximum Gasteiger partial charge on any atom is 0.254 e. The van der Waals surface area contributed by atoms with E-state index in [1.54, 1.807) is 36.3 Å². The van der Waals surface area contributed by atoms with Crippen molar-refractivity contribution in [3.05, 3.63) is 80.8 Å². The number of carbonyl (C=O) groups is 2. The molecule has 0 radical (unpaired) electrons. The van der Waals surface area contributed by atoms with Crippen molar-refractivity contribution in [2.45, 2.75) is 65.3 Å². The second-order valence-corrected chi connectivity index (χ2v) is 13.2. The lowest BCUT2D eigenvalue weighted by Crippen LogP contribution is -2.32. The summed E-state index contributed by atoms with van der Waals surface area (Å²) in [6, 6.07) is 9.11. The van der Waals surface area contributed by atoms with Gasteiger partial charge in [0.15, 0.2) is 0 Å². The summed E-state index contributed by atoms with van der Waals surface area (Å²) in [5.41, 5.74) is 3.68. The fourth-order valence-corrected chi connectivity index (χ4v) is 7.29. The van der Waals surface area contributed by atoms with Crippen molar-refractivity contribution in [1.82, 2.24) is 20.5 Å². The fourth-order valence-electron chi connectivity index (χ4n) is 5.28. The van der Waals surface area contributed by atoms with E-state index in [0.29, 0.717) is 23.2 Å². The SMILES string of the molecule is CCCNCCCNC(=O)c1cc(C(=O)N2CCCC2c2nc(C)cs2)cc(N2CCCCS2)c1.Cc1cc(F)cc(F)c1. The lowest BCUT2D eigenvalue weighted by atomic mass is 10.1. The average molecular weight is 644 g/mol. The molecule has 2 fully saturated rings. The molecule has 2 aromatic carbocycles. The Balaban J connectivity index is 0.000000421. The highest BCUT2D eigenvalue weighted by atomic mass is 32.2. The predicted molar refractivity (Wildman–Crippen MR) is 177 cm³/mol. The van der Waals surface area contributed by atoms with Gasteiger partial charge < -0.3 is 19.8 Å². The number of rotatable bonds is 10. The summed E-state index contributed by atoms with van der Waals surface area (Å²) in [5.74, 6) is -0.115. The van der Waals surface area contributed by atoms with Crippen molar-refractivity contribution in [2.24, 2.45) is 0 Å². The largest absolute Gasteiger partial charge is 0.352 e. The maximum atomic E-state index is 13.7. The number of hydrogen-bond donors (Lipinski definition) is 2. The van der Waals surface area contributed by atoms with Crippen molar-refractivity contribution in [1.29, 1.82) is 0 Å². The van der Waals surface area contributed by atoms with Gasteiger partial charge in [-0.2, -0.15) is 0 Å². The van der Waals surface area contributed by atoms with E-state index < -0.39 is 11.6 Å². The molecule has 2 aliphatic rings. The number of nitrogens with zero attached hydrogens (tertiary/aromatic N) is 3. The first-order chi connectivity index (χ1) is 21.2. The van der Waals surface area contributed by atoms with Crippen LogP contribution in [0.1, 0.15) is 88.5 Å². The third kappa shape index (κ3) is 9.74. The van der Waals surface area contributed by atoms with E-state index in [1.807, 2.05) is 29.3 Å². The van der Waals surface area contributed by atoms with E-state index in [1.165, 1.54) is 18.6 Å². The van der Waals surface area contributed by atoms with Gasteiger partial charge in [0, 0.05) is 59.3 Å². The normalized spacial score (nSPS) is 16.4. The number of aryl methyl sites for hydroxylation is 2. The monoisotopic (exact) mass is 643 g/mol. The van der Waals surface area contributed by atoms with Crippen LogP contribution in [0, 0.1) is 25.5 Å². The molecule has 0 spiro atoms. The van der Waals surface area contributed by atoms with Crippen LogP contribution in [0.15, 0.2) is 41.8 Å². The van der Waals surface area contributed by atoms with Crippen molar-refractivity contribution in [3.63, 3.8) is 0 Å². The Morgan fingerprint density at radius 1 is 0.955 bits per heavy atom. The minimum atomic E-state index is -0.521. The zero-order valence-corrected chi connectivity index (χ0v) is 27.5. The second-order valence-electron chi connectivity index (χ2n) is 11.2. The molecule has 0 saturated carbocycles. The lowest BCUT2D eigenvalue weighted by molar-refractivity contribution is 0.0735. The first kappa shape index (κ1) is 33.9. The first-order valence-corrected chi connectivity index (χ1v) is 17.3. The fraction of sp³-hybridized carbons (Fsp3) is 0.485. The quantitative estimate of drug-likeness (QED) is 0.182. The Morgan fingerprint density at radius 3 is 2.39 bits per heavy atom. The zero-order valence-electron chi connectivity index (χ0n) is 25.8. The van der Waals surface area contributed by atoms with Crippen LogP contribution in [0.2, 0.25) is 0 Å². The van der Waals surface area contributed by atoms with Gasteiger partial charge in [-0.3, -0.25) is 9.59 Å². The van der Waals surface area contributed by atoms with Crippen LogP contribution in [-0.4, -0.2) is 60.2 Å². The number of hydrogen-bond acceptors (Lipinski definition) is 7. The molecule has 1 unspecified atom stereocenters. The van der Waals surface area contributed by atoms with Gasteiger partial charge in [0.05, 0.1) is 6.04 Å². The Labute approximate surface area is 268 Å². The van der Waals surface area contributed by atoms with Crippen molar-refractivity contribution in [2.75, 3.05) is 42.8 Å². The molecule has 2 amide bonds. The summed E-state index contributed by atoms with van der Waals surface area (Å²) in [5, 5.41) is 9.45. The van der Waals surface area contributed by atoms with Crippen LogP contribution in [0.3, 0.4) is 0 Å². The first-order valence-electron chi connectivity index (χ1n) is 15.4. The van der Waals surface area contributed by atoms with E-state index >= 15 is 0 Å². The molecular weight excluding hydrogens is 601 g/mol. The number of aromatic nitrogens is 1. The molecule has 2 N–H and O–H groups in total. The van der Waals surface area contributed by atoms with Crippen LogP contribution in [0.25, 0.3) is 0 Å². The van der Waals surface area contributed by atoms with E-state index in [0.717, 1.165) is 86.5 Å². The van der Waals surface area contributed by atoms with Crippen molar-refractivity contribution >= 4 is 40.8 Å².